The average molecular weight is 398 g/mol. The zero-order valence-electron chi connectivity index (χ0n) is 17.4. The topological polar surface area (TPSA) is 94.8 Å². The van der Waals surface area contributed by atoms with Gasteiger partial charge in [0.2, 0.25) is 0 Å². The van der Waals surface area contributed by atoms with Crippen molar-refractivity contribution in [1.82, 2.24) is 0 Å². The van der Waals surface area contributed by atoms with Gasteiger partial charge < -0.3 is 22.7 Å². The van der Waals surface area contributed by atoms with Crippen molar-refractivity contribution >= 4 is 11.6 Å². The number of hydrogen-bond donors (Lipinski definition) is 3. The third-order valence-electron chi connectivity index (χ3n) is 8.25. The van der Waals surface area contributed by atoms with E-state index >= 15 is 0 Å². The maximum atomic E-state index is 12.4. The molecule has 3 N–H and O–H groups in total. The van der Waals surface area contributed by atoms with Crippen LogP contribution in [0.15, 0.2) is 23.8 Å². The van der Waals surface area contributed by atoms with Crippen molar-refractivity contribution in [3.8, 4) is 0 Å². The Morgan fingerprint density at radius 3 is 2.61 bits per heavy atom. The molecule has 2 unspecified atom stereocenters. The van der Waals surface area contributed by atoms with Crippen molar-refractivity contribution in [3.05, 3.63) is 31.2 Å². The minimum Gasteiger partial charge on any atom is -0.393 e. The second-order valence-electron chi connectivity index (χ2n) is 9.19. The minimum atomic E-state index is -1.56. The summed E-state index contributed by atoms with van der Waals surface area (Å²) in [4.78, 5) is 24.2. The standard InChI is InChI=1S/C21H28O5.CH3.Na/c1-19-7-5-13(23)9-12(19)3-4-14-15-6-8-21(26,17(25)11-22)20(15,2)10-16(24)18(14)19;;/h5,7,9,14-16,18,22,24,26H,3-4,6,8,10-11H2,1-2H3;1H3;/q;-1;+1/t14-,15?,16?,18+,19+,20+,21+;;/m1../s1. The fourth-order valence-electron chi connectivity index (χ4n) is 6.92. The third-order valence-corrected chi connectivity index (χ3v) is 8.25. The number of rotatable bonds is 2. The van der Waals surface area contributed by atoms with Crippen LogP contribution in [0.5, 0.6) is 0 Å². The van der Waals surface area contributed by atoms with E-state index in [0.29, 0.717) is 12.8 Å². The first-order valence-corrected chi connectivity index (χ1v) is 9.66. The SMILES string of the molecule is C[C@]12C=CC(=O)C=C1CC[C@@H]1C3CC[C@](O)(C(=O)CO)[C@@]3(C)CC(O)[C@H]12.[CH3-].[Na+]. The molecular weight excluding hydrogens is 367 g/mol. The van der Waals surface area contributed by atoms with Crippen molar-refractivity contribution in [2.75, 3.05) is 6.61 Å². The van der Waals surface area contributed by atoms with Gasteiger partial charge in [0.1, 0.15) is 12.2 Å². The average Bonchev–Trinajstić information content (AvgIpc) is 2.86. The Hall–Kier alpha value is -0.300. The number of carbonyl (C=O) groups excluding carboxylic acids is 2. The van der Waals surface area contributed by atoms with E-state index < -0.39 is 29.5 Å². The van der Waals surface area contributed by atoms with Gasteiger partial charge in [-0.1, -0.05) is 25.5 Å². The molecule has 0 spiro atoms. The van der Waals surface area contributed by atoms with E-state index in [0.717, 1.165) is 24.8 Å². The van der Waals surface area contributed by atoms with E-state index in [4.69, 9.17) is 0 Å². The monoisotopic (exact) mass is 398 g/mol. The van der Waals surface area contributed by atoms with E-state index in [-0.39, 0.29) is 65.9 Å². The Balaban J connectivity index is 0.00000140. The van der Waals surface area contributed by atoms with Gasteiger partial charge in [0.25, 0.3) is 0 Å². The first-order chi connectivity index (χ1) is 12.2. The third kappa shape index (κ3) is 2.97. The van der Waals surface area contributed by atoms with Gasteiger partial charge in [0.05, 0.1) is 6.10 Å². The van der Waals surface area contributed by atoms with Crippen molar-refractivity contribution in [2.24, 2.45) is 28.6 Å². The predicted octanol–water partition coefficient (Wildman–Crippen LogP) is -0.988. The molecule has 0 radical (unpaired) electrons. The van der Waals surface area contributed by atoms with Crippen LogP contribution in [0.2, 0.25) is 0 Å². The van der Waals surface area contributed by atoms with Crippen LogP contribution in [0.25, 0.3) is 0 Å². The van der Waals surface area contributed by atoms with E-state index in [1.165, 1.54) is 0 Å². The molecule has 7 atom stereocenters. The number of carbonyl (C=O) groups is 2. The molecule has 3 fully saturated rings. The maximum Gasteiger partial charge on any atom is 1.00 e. The summed E-state index contributed by atoms with van der Waals surface area (Å²) in [6, 6.07) is 0. The number of allylic oxidation sites excluding steroid dienone is 4. The number of ketones is 2. The number of aliphatic hydroxyl groups is 3. The van der Waals surface area contributed by atoms with Gasteiger partial charge in [0.15, 0.2) is 11.6 Å². The van der Waals surface area contributed by atoms with Crippen LogP contribution in [-0.2, 0) is 9.59 Å². The van der Waals surface area contributed by atoms with Crippen LogP contribution < -0.4 is 29.6 Å². The Bertz CT molecular complexity index is 730. The predicted molar refractivity (Wildman–Crippen MR) is 101 cm³/mol. The number of aliphatic hydroxyl groups excluding tert-OH is 2. The van der Waals surface area contributed by atoms with E-state index in [1.807, 2.05) is 13.0 Å². The Kier molecular flexibility index (Phi) is 6.64. The molecule has 4 rings (SSSR count). The molecule has 0 aliphatic heterocycles. The molecule has 0 bridgehead atoms. The molecule has 0 heterocycles. The van der Waals surface area contributed by atoms with Gasteiger partial charge in [-0.15, -0.1) is 0 Å². The summed E-state index contributed by atoms with van der Waals surface area (Å²) in [6.45, 7) is 3.34. The number of Topliss-reactive ketones (excluding diaryl/α,β-unsaturated/α-hetero) is 1. The van der Waals surface area contributed by atoms with E-state index in [1.54, 1.807) is 12.2 Å². The normalized spacial score (nSPS) is 46.3. The smallest absolute Gasteiger partial charge is 0.393 e. The fourth-order valence-corrected chi connectivity index (χ4v) is 6.92. The zero-order chi connectivity index (χ0) is 18.9. The quantitative estimate of drug-likeness (QED) is 0.410. The molecule has 0 aromatic rings. The number of hydrogen-bond acceptors (Lipinski definition) is 5. The van der Waals surface area contributed by atoms with Crippen LogP contribution in [-0.4, -0.2) is 45.2 Å². The van der Waals surface area contributed by atoms with Gasteiger partial charge in [0, 0.05) is 16.7 Å². The molecule has 4 aliphatic rings. The molecule has 6 heteroatoms. The van der Waals surface area contributed by atoms with E-state index in [9.17, 15) is 24.9 Å². The van der Waals surface area contributed by atoms with Gasteiger partial charge in [-0.3, -0.25) is 9.59 Å². The largest absolute Gasteiger partial charge is 1.00 e. The molecular formula is C22H31NaO5. The van der Waals surface area contributed by atoms with Crippen LogP contribution >= 0.6 is 0 Å². The summed E-state index contributed by atoms with van der Waals surface area (Å²) in [6.07, 6.45) is 7.68. The van der Waals surface area contributed by atoms with Crippen LogP contribution in [0, 0.1) is 36.0 Å². The summed E-state index contributed by atoms with van der Waals surface area (Å²) >= 11 is 0. The molecule has 0 amide bonds. The molecule has 5 nitrogen and oxygen atoms in total. The van der Waals surface area contributed by atoms with Gasteiger partial charge in [-0.05, 0) is 56.1 Å². The molecule has 0 saturated heterocycles. The Morgan fingerprint density at radius 1 is 1.29 bits per heavy atom. The second-order valence-corrected chi connectivity index (χ2v) is 9.19. The fraction of sp³-hybridized carbons (Fsp3) is 0.682. The summed E-state index contributed by atoms with van der Waals surface area (Å²) in [7, 11) is 0. The van der Waals surface area contributed by atoms with E-state index in [2.05, 4.69) is 6.92 Å². The maximum absolute atomic E-state index is 12.4. The van der Waals surface area contributed by atoms with Crippen molar-refractivity contribution in [2.45, 2.75) is 57.7 Å². The van der Waals surface area contributed by atoms with Crippen molar-refractivity contribution in [1.29, 1.82) is 0 Å². The molecule has 0 aromatic carbocycles. The van der Waals surface area contributed by atoms with Crippen LogP contribution in [0.4, 0.5) is 0 Å². The Morgan fingerprint density at radius 2 is 1.96 bits per heavy atom. The first kappa shape index (κ1) is 24.0. The summed E-state index contributed by atoms with van der Waals surface area (Å²) in [5, 5.41) is 31.7. The zero-order valence-corrected chi connectivity index (χ0v) is 19.4. The first-order valence-electron chi connectivity index (χ1n) is 9.66. The summed E-state index contributed by atoms with van der Waals surface area (Å²) in [5.74, 6) is -0.227. The van der Waals surface area contributed by atoms with Crippen LogP contribution in [0.1, 0.15) is 46.0 Å². The summed E-state index contributed by atoms with van der Waals surface area (Å²) in [5.41, 5.74) is -1.54. The van der Waals surface area contributed by atoms with Crippen LogP contribution in [0.3, 0.4) is 0 Å². The Labute approximate surface area is 189 Å². The number of fused-ring (bicyclic) bond motifs is 5. The molecule has 4 aliphatic carbocycles. The molecule has 150 valence electrons. The molecule has 28 heavy (non-hydrogen) atoms. The van der Waals surface area contributed by atoms with Crippen molar-refractivity contribution < 1.29 is 54.5 Å². The van der Waals surface area contributed by atoms with Gasteiger partial charge in [-0.25, -0.2) is 0 Å². The van der Waals surface area contributed by atoms with Crippen molar-refractivity contribution in [3.63, 3.8) is 0 Å². The minimum absolute atomic E-state index is 0. The second kappa shape index (κ2) is 7.75. The summed E-state index contributed by atoms with van der Waals surface area (Å²) < 4.78 is 0. The molecule has 3 saturated carbocycles. The molecule has 0 aromatic heterocycles. The van der Waals surface area contributed by atoms with Gasteiger partial charge >= 0.3 is 29.6 Å². The van der Waals surface area contributed by atoms with Gasteiger partial charge in [-0.2, -0.15) is 0 Å².